The summed E-state index contributed by atoms with van der Waals surface area (Å²) < 4.78 is 0. The number of hydrogen-bond acceptors (Lipinski definition) is 2. The zero-order valence-corrected chi connectivity index (χ0v) is 10.2. The molecule has 1 aromatic carbocycles. The molecule has 2 nitrogen and oxygen atoms in total. The van der Waals surface area contributed by atoms with Gasteiger partial charge in [0.15, 0.2) is 0 Å². The lowest BCUT2D eigenvalue weighted by Crippen LogP contribution is -1.93. The van der Waals surface area contributed by atoms with Crippen molar-refractivity contribution in [2.75, 3.05) is 11.9 Å². The van der Waals surface area contributed by atoms with Crippen LogP contribution in [0.5, 0.6) is 0 Å². The Kier molecular flexibility index (Phi) is 2.36. The third-order valence-corrected chi connectivity index (χ3v) is 3.46. The number of aromatic nitrogens is 1. The van der Waals surface area contributed by atoms with Crippen LogP contribution in [0.25, 0.3) is 11.1 Å². The van der Waals surface area contributed by atoms with Crippen LogP contribution in [-0.4, -0.2) is 11.5 Å². The average molecular weight is 224 g/mol. The normalized spacial score (nSPS) is 13.3. The summed E-state index contributed by atoms with van der Waals surface area (Å²) in [5.74, 6) is 0. The van der Waals surface area contributed by atoms with Crippen LogP contribution in [0, 0.1) is 13.8 Å². The van der Waals surface area contributed by atoms with Gasteiger partial charge in [-0.05, 0) is 49.1 Å². The van der Waals surface area contributed by atoms with Gasteiger partial charge < -0.3 is 5.32 Å². The number of benzene rings is 1. The molecule has 3 rings (SSSR count). The van der Waals surface area contributed by atoms with Crippen LogP contribution in [0.1, 0.15) is 16.8 Å². The Morgan fingerprint density at radius 2 is 2.06 bits per heavy atom. The van der Waals surface area contributed by atoms with E-state index in [-0.39, 0.29) is 0 Å². The summed E-state index contributed by atoms with van der Waals surface area (Å²) in [6.45, 7) is 5.28. The SMILES string of the molecule is Cc1ccnc(C)c1-c1ccc2c(c1)NCC2. The van der Waals surface area contributed by atoms with E-state index in [2.05, 4.69) is 48.4 Å². The molecule has 0 spiro atoms. The van der Waals surface area contributed by atoms with Gasteiger partial charge in [-0.25, -0.2) is 0 Å². The highest BCUT2D eigenvalue weighted by Crippen LogP contribution is 2.31. The van der Waals surface area contributed by atoms with Crippen molar-refractivity contribution in [3.8, 4) is 11.1 Å². The monoisotopic (exact) mass is 224 g/mol. The summed E-state index contributed by atoms with van der Waals surface area (Å²) in [5.41, 5.74) is 7.63. The average Bonchev–Trinajstić information content (AvgIpc) is 2.76. The minimum Gasteiger partial charge on any atom is -0.384 e. The summed E-state index contributed by atoms with van der Waals surface area (Å²) in [7, 11) is 0. The summed E-state index contributed by atoms with van der Waals surface area (Å²) in [4.78, 5) is 4.39. The Labute approximate surface area is 102 Å². The standard InChI is InChI=1S/C15H16N2/c1-10-5-7-16-11(2)15(10)13-4-3-12-6-8-17-14(12)9-13/h3-5,7,9,17H,6,8H2,1-2H3. The van der Waals surface area contributed by atoms with Crippen LogP contribution >= 0.6 is 0 Å². The van der Waals surface area contributed by atoms with E-state index in [1.165, 1.54) is 27.9 Å². The Morgan fingerprint density at radius 1 is 1.18 bits per heavy atom. The number of pyridine rings is 1. The second-order valence-corrected chi connectivity index (χ2v) is 4.64. The maximum Gasteiger partial charge on any atom is 0.0453 e. The van der Waals surface area contributed by atoms with Gasteiger partial charge in [0.1, 0.15) is 0 Å². The van der Waals surface area contributed by atoms with E-state index in [1.54, 1.807) is 0 Å². The van der Waals surface area contributed by atoms with Gasteiger partial charge in [-0.2, -0.15) is 0 Å². The number of hydrogen-bond donors (Lipinski definition) is 1. The lowest BCUT2D eigenvalue weighted by molar-refractivity contribution is 1.11. The molecule has 1 aromatic heterocycles. The number of aryl methyl sites for hydroxylation is 2. The van der Waals surface area contributed by atoms with E-state index in [1.807, 2.05) is 6.20 Å². The predicted molar refractivity (Wildman–Crippen MR) is 71.3 cm³/mol. The van der Waals surface area contributed by atoms with Crippen LogP contribution in [0.4, 0.5) is 5.69 Å². The van der Waals surface area contributed by atoms with E-state index in [4.69, 9.17) is 0 Å². The van der Waals surface area contributed by atoms with Crippen molar-refractivity contribution in [3.63, 3.8) is 0 Å². The molecule has 0 saturated carbocycles. The van der Waals surface area contributed by atoms with Crippen molar-refractivity contribution in [1.82, 2.24) is 4.98 Å². The molecule has 2 heterocycles. The molecule has 17 heavy (non-hydrogen) atoms. The van der Waals surface area contributed by atoms with Crippen LogP contribution in [0.15, 0.2) is 30.5 Å². The van der Waals surface area contributed by atoms with E-state index >= 15 is 0 Å². The van der Waals surface area contributed by atoms with Gasteiger partial charge >= 0.3 is 0 Å². The van der Waals surface area contributed by atoms with Gasteiger partial charge in [0.05, 0.1) is 0 Å². The number of rotatable bonds is 1. The highest BCUT2D eigenvalue weighted by molar-refractivity contribution is 5.74. The Morgan fingerprint density at radius 3 is 2.88 bits per heavy atom. The third-order valence-electron chi connectivity index (χ3n) is 3.46. The fourth-order valence-electron chi connectivity index (χ4n) is 2.58. The molecule has 0 fully saturated rings. The first-order chi connectivity index (χ1) is 8.25. The minimum atomic E-state index is 1.06. The van der Waals surface area contributed by atoms with Gasteiger partial charge in [-0.15, -0.1) is 0 Å². The number of nitrogens with one attached hydrogen (secondary N) is 1. The van der Waals surface area contributed by atoms with Crippen molar-refractivity contribution >= 4 is 5.69 Å². The summed E-state index contributed by atoms with van der Waals surface area (Å²) in [5, 5.41) is 3.43. The smallest absolute Gasteiger partial charge is 0.0453 e. The number of anilines is 1. The van der Waals surface area contributed by atoms with Gasteiger partial charge in [0, 0.05) is 29.7 Å². The van der Waals surface area contributed by atoms with E-state index < -0.39 is 0 Å². The van der Waals surface area contributed by atoms with E-state index in [9.17, 15) is 0 Å². The third kappa shape index (κ3) is 1.70. The van der Waals surface area contributed by atoms with E-state index in [0.717, 1.165) is 18.7 Å². The Hall–Kier alpha value is -1.83. The second kappa shape index (κ2) is 3.88. The minimum absolute atomic E-state index is 1.06. The van der Waals surface area contributed by atoms with Crippen molar-refractivity contribution in [3.05, 3.63) is 47.3 Å². The quantitative estimate of drug-likeness (QED) is 0.803. The van der Waals surface area contributed by atoms with E-state index in [0.29, 0.717) is 0 Å². The first-order valence-corrected chi connectivity index (χ1v) is 6.05. The molecule has 0 atom stereocenters. The van der Waals surface area contributed by atoms with Crippen molar-refractivity contribution in [2.45, 2.75) is 20.3 Å². The molecule has 1 N–H and O–H groups in total. The number of nitrogens with zero attached hydrogens (tertiary/aromatic N) is 1. The molecule has 0 saturated heterocycles. The summed E-state index contributed by atoms with van der Waals surface area (Å²) >= 11 is 0. The molecule has 0 amide bonds. The zero-order chi connectivity index (χ0) is 11.8. The van der Waals surface area contributed by atoms with Gasteiger partial charge in [0.2, 0.25) is 0 Å². The summed E-state index contributed by atoms with van der Waals surface area (Å²) in [6, 6.07) is 8.77. The molecule has 2 heteroatoms. The molecule has 2 aromatic rings. The largest absolute Gasteiger partial charge is 0.384 e. The number of fused-ring (bicyclic) bond motifs is 1. The van der Waals surface area contributed by atoms with Crippen molar-refractivity contribution < 1.29 is 0 Å². The Balaban J connectivity index is 2.16. The highest BCUT2D eigenvalue weighted by atomic mass is 14.9. The maximum absolute atomic E-state index is 4.39. The Bertz CT molecular complexity index is 553. The van der Waals surface area contributed by atoms with Crippen molar-refractivity contribution in [2.24, 2.45) is 0 Å². The van der Waals surface area contributed by atoms with Gasteiger partial charge in [0.25, 0.3) is 0 Å². The van der Waals surface area contributed by atoms with Crippen molar-refractivity contribution in [1.29, 1.82) is 0 Å². The topological polar surface area (TPSA) is 24.9 Å². The lowest BCUT2D eigenvalue weighted by atomic mass is 9.98. The molecule has 1 aliphatic rings. The zero-order valence-electron chi connectivity index (χ0n) is 10.2. The highest BCUT2D eigenvalue weighted by Gasteiger charge is 2.12. The first-order valence-electron chi connectivity index (χ1n) is 6.05. The molecule has 0 radical (unpaired) electrons. The molecule has 86 valence electrons. The summed E-state index contributed by atoms with van der Waals surface area (Å²) in [6.07, 6.45) is 3.01. The van der Waals surface area contributed by atoms with Crippen LogP contribution in [0.2, 0.25) is 0 Å². The molecule has 1 aliphatic heterocycles. The molecule has 0 bridgehead atoms. The fraction of sp³-hybridized carbons (Fsp3) is 0.267. The van der Waals surface area contributed by atoms with Crippen LogP contribution in [-0.2, 0) is 6.42 Å². The molecule has 0 aliphatic carbocycles. The molecular formula is C15H16N2. The van der Waals surface area contributed by atoms with Crippen LogP contribution < -0.4 is 5.32 Å². The fourth-order valence-corrected chi connectivity index (χ4v) is 2.58. The lowest BCUT2D eigenvalue weighted by Gasteiger charge is -2.10. The predicted octanol–water partition coefficient (Wildman–Crippen LogP) is 3.33. The second-order valence-electron chi connectivity index (χ2n) is 4.64. The van der Waals surface area contributed by atoms with Gasteiger partial charge in [-0.1, -0.05) is 12.1 Å². The maximum atomic E-state index is 4.39. The first kappa shape index (κ1) is 10.3. The van der Waals surface area contributed by atoms with Gasteiger partial charge in [-0.3, -0.25) is 4.98 Å². The van der Waals surface area contributed by atoms with Crippen LogP contribution in [0.3, 0.4) is 0 Å². The molecule has 0 unspecified atom stereocenters. The molecular weight excluding hydrogens is 208 g/mol.